The smallest absolute Gasteiger partial charge is 0.191 e. The molecule has 20 heavy (non-hydrogen) atoms. The zero-order valence-corrected chi connectivity index (χ0v) is 14.3. The van der Waals surface area contributed by atoms with Crippen molar-refractivity contribution in [3.05, 3.63) is 16.1 Å². The van der Waals surface area contributed by atoms with Crippen LogP contribution in [0.15, 0.2) is 11.2 Å². The maximum atomic E-state index is 4.58. The maximum Gasteiger partial charge on any atom is 0.191 e. The number of nitrogens with zero attached hydrogens (tertiary/aromatic N) is 3. The fourth-order valence-corrected chi connectivity index (χ4v) is 2.13. The van der Waals surface area contributed by atoms with Crippen LogP contribution in [-0.4, -0.2) is 48.6 Å². The van der Waals surface area contributed by atoms with E-state index in [1.807, 2.05) is 6.20 Å². The Hall–Kier alpha value is -1.14. The van der Waals surface area contributed by atoms with Crippen molar-refractivity contribution in [2.75, 3.05) is 27.2 Å². The highest BCUT2D eigenvalue weighted by atomic mass is 32.1. The van der Waals surface area contributed by atoms with Gasteiger partial charge >= 0.3 is 0 Å². The van der Waals surface area contributed by atoms with Gasteiger partial charge in [-0.25, -0.2) is 9.98 Å². The highest BCUT2D eigenvalue weighted by Gasteiger charge is 2.20. The van der Waals surface area contributed by atoms with Crippen molar-refractivity contribution in [2.45, 2.75) is 39.8 Å². The Labute approximate surface area is 126 Å². The zero-order valence-electron chi connectivity index (χ0n) is 13.4. The van der Waals surface area contributed by atoms with Crippen molar-refractivity contribution in [1.82, 2.24) is 20.5 Å². The lowest BCUT2D eigenvalue weighted by atomic mass is 10.0. The van der Waals surface area contributed by atoms with Gasteiger partial charge in [-0.15, -0.1) is 11.3 Å². The Morgan fingerprint density at radius 3 is 2.60 bits per heavy atom. The van der Waals surface area contributed by atoms with Crippen molar-refractivity contribution >= 4 is 17.3 Å². The van der Waals surface area contributed by atoms with Crippen molar-refractivity contribution in [2.24, 2.45) is 4.99 Å². The average Bonchev–Trinajstić information content (AvgIpc) is 2.78. The van der Waals surface area contributed by atoms with Crippen LogP contribution in [0.5, 0.6) is 0 Å². The lowest BCUT2D eigenvalue weighted by molar-refractivity contribution is 0.197. The minimum absolute atomic E-state index is 0.0773. The van der Waals surface area contributed by atoms with Crippen LogP contribution in [0.1, 0.15) is 30.7 Å². The summed E-state index contributed by atoms with van der Waals surface area (Å²) in [6, 6.07) is 0. The van der Waals surface area contributed by atoms with E-state index in [9.17, 15) is 0 Å². The Bertz CT molecular complexity index is 437. The van der Waals surface area contributed by atoms with Gasteiger partial charge < -0.3 is 15.5 Å². The molecular weight excluding hydrogens is 270 g/mol. The molecule has 1 aromatic heterocycles. The van der Waals surface area contributed by atoms with Gasteiger partial charge in [0.05, 0.1) is 6.54 Å². The van der Waals surface area contributed by atoms with E-state index in [-0.39, 0.29) is 5.54 Å². The van der Waals surface area contributed by atoms with Crippen LogP contribution in [0, 0.1) is 6.92 Å². The fourth-order valence-electron chi connectivity index (χ4n) is 1.42. The van der Waals surface area contributed by atoms with Gasteiger partial charge in [-0.3, -0.25) is 0 Å². The molecule has 0 radical (unpaired) electrons. The summed E-state index contributed by atoms with van der Waals surface area (Å²) < 4.78 is 0. The van der Waals surface area contributed by atoms with E-state index < -0.39 is 0 Å². The molecule has 0 aliphatic heterocycles. The molecule has 0 aliphatic carbocycles. The van der Waals surface area contributed by atoms with Gasteiger partial charge in [0.15, 0.2) is 5.96 Å². The maximum absolute atomic E-state index is 4.58. The third-order valence-electron chi connectivity index (χ3n) is 3.28. The summed E-state index contributed by atoms with van der Waals surface area (Å²) in [4.78, 5) is 12.3. The normalized spacial score (nSPS) is 12.8. The largest absolute Gasteiger partial charge is 0.357 e. The Kier molecular flexibility index (Phi) is 6.42. The number of aromatic nitrogens is 1. The SMILES string of the molecule is CCNC(=NCc1ncc(C)s1)NCC(C)(C)N(C)C. The molecule has 0 saturated heterocycles. The molecule has 0 saturated carbocycles. The molecule has 5 nitrogen and oxygen atoms in total. The number of aliphatic imine (C=N–C) groups is 1. The number of rotatable bonds is 6. The Morgan fingerprint density at radius 2 is 2.10 bits per heavy atom. The molecule has 0 bridgehead atoms. The molecule has 0 aliphatic rings. The first-order valence-corrected chi connectivity index (χ1v) is 7.77. The molecule has 0 aromatic carbocycles. The number of nitrogens with one attached hydrogen (secondary N) is 2. The first kappa shape index (κ1) is 16.9. The molecule has 114 valence electrons. The van der Waals surface area contributed by atoms with Crippen molar-refractivity contribution < 1.29 is 0 Å². The van der Waals surface area contributed by atoms with E-state index in [2.05, 4.69) is 67.3 Å². The highest BCUT2D eigenvalue weighted by Crippen LogP contribution is 2.12. The van der Waals surface area contributed by atoms with Crippen molar-refractivity contribution in [3.8, 4) is 0 Å². The van der Waals surface area contributed by atoms with Crippen LogP contribution in [0.4, 0.5) is 0 Å². The summed E-state index contributed by atoms with van der Waals surface area (Å²) in [6.07, 6.45) is 1.89. The van der Waals surface area contributed by atoms with Gasteiger partial charge in [-0.05, 0) is 41.8 Å². The molecule has 2 N–H and O–H groups in total. The van der Waals surface area contributed by atoms with Crippen molar-refractivity contribution in [1.29, 1.82) is 0 Å². The average molecular weight is 297 g/mol. The highest BCUT2D eigenvalue weighted by molar-refractivity contribution is 7.11. The molecule has 6 heteroatoms. The van der Waals surface area contributed by atoms with Gasteiger partial charge in [0, 0.05) is 29.7 Å². The monoisotopic (exact) mass is 297 g/mol. The van der Waals surface area contributed by atoms with Crippen LogP contribution < -0.4 is 10.6 Å². The van der Waals surface area contributed by atoms with E-state index in [0.717, 1.165) is 24.1 Å². The van der Waals surface area contributed by atoms with E-state index >= 15 is 0 Å². The summed E-state index contributed by atoms with van der Waals surface area (Å²) in [5.74, 6) is 0.843. The number of hydrogen-bond acceptors (Lipinski definition) is 4. The van der Waals surface area contributed by atoms with Crippen LogP contribution in [0.2, 0.25) is 0 Å². The molecule has 0 spiro atoms. The van der Waals surface area contributed by atoms with Gasteiger partial charge in [0.2, 0.25) is 0 Å². The lowest BCUT2D eigenvalue weighted by Crippen LogP contribution is -2.50. The molecule has 0 unspecified atom stereocenters. The molecule has 0 fully saturated rings. The predicted molar refractivity (Wildman–Crippen MR) is 87.4 cm³/mol. The number of aryl methyl sites for hydroxylation is 1. The third-order valence-corrected chi connectivity index (χ3v) is 4.18. The molecule has 1 heterocycles. The standard InChI is InChI=1S/C14H27N5S/c1-7-15-13(18-10-14(3,4)19(5)6)17-9-12-16-8-11(2)20-12/h8H,7,9-10H2,1-6H3,(H2,15,17,18). The minimum Gasteiger partial charge on any atom is -0.357 e. The van der Waals surface area contributed by atoms with Gasteiger partial charge in [-0.2, -0.15) is 0 Å². The fraction of sp³-hybridized carbons (Fsp3) is 0.714. The topological polar surface area (TPSA) is 52.6 Å². The van der Waals surface area contributed by atoms with Crippen molar-refractivity contribution in [3.63, 3.8) is 0 Å². The van der Waals surface area contributed by atoms with E-state index in [1.54, 1.807) is 11.3 Å². The summed E-state index contributed by atoms with van der Waals surface area (Å²) in [5.41, 5.74) is 0.0773. The minimum atomic E-state index is 0.0773. The third kappa shape index (κ3) is 5.46. The number of thiazole rings is 1. The summed E-state index contributed by atoms with van der Waals surface area (Å²) in [7, 11) is 4.17. The summed E-state index contributed by atoms with van der Waals surface area (Å²) >= 11 is 1.69. The number of hydrogen-bond donors (Lipinski definition) is 2. The van der Waals surface area contributed by atoms with Crippen LogP contribution >= 0.6 is 11.3 Å². The first-order chi connectivity index (χ1) is 9.35. The molecule has 1 rings (SSSR count). The van der Waals surface area contributed by atoms with Gasteiger partial charge in [0.25, 0.3) is 0 Å². The number of likely N-dealkylation sites (N-methyl/N-ethyl adjacent to an activating group) is 1. The van der Waals surface area contributed by atoms with E-state index in [4.69, 9.17) is 0 Å². The summed E-state index contributed by atoms with van der Waals surface area (Å²) in [6.45, 7) is 10.8. The lowest BCUT2D eigenvalue weighted by Gasteiger charge is -2.33. The molecule has 0 amide bonds. The molecule has 0 atom stereocenters. The van der Waals surface area contributed by atoms with Crippen LogP contribution in [0.3, 0.4) is 0 Å². The second-order valence-electron chi connectivity index (χ2n) is 5.62. The predicted octanol–water partition coefficient (Wildman–Crippen LogP) is 1.85. The van der Waals surface area contributed by atoms with Gasteiger partial charge in [0.1, 0.15) is 5.01 Å². The van der Waals surface area contributed by atoms with Gasteiger partial charge in [-0.1, -0.05) is 0 Å². The second-order valence-corrected chi connectivity index (χ2v) is 6.94. The molecule has 1 aromatic rings. The Morgan fingerprint density at radius 1 is 1.40 bits per heavy atom. The Balaban J connectivity index is 2.59. The number of guanidine groups is 1. The second kappa shape index (κ2) is 7.59. The molecular formula is C14H27N5S. The quantitative estimate of drug-likeness (QED) is 0.621. The van der Waals surface area contributed by atoms with Crippen LogP contribution in [0.25, 0.3) is 0 Å². The van der Waals surface area contributed by atoms with E-state index in [0.29, 0.717) is 6.54 Å². The van der Waals surface area contributed by atoms with Crippen LogP contribution in [-0.2, 0) is 6.54 Å². The summed E-state index contributed by atoms with van der Waals surface area (Å²) in [5, 5.41) is 7.71. The van der Waals surface area contributed by atoms with E-state index in [1.165, 1.54) is 4.88 Å². The zero-order chi connectivity index (χ0) is 15.2. The first-order valence-electron chi connectivity index (χ1n) is 6.96.